The number of nitrogens with one attached hydrogen (secondary N) is 1. The molecule has 1 N–H and O–H groups in total. The molecule has 0 aromatic heterocycles. The highest BCUT2D eigenvalue weighted by Crippen LogP contribution is 2.31. The minimum Gasteiger partial charge on any atom is -0.493 e. The first-order valence-electron chi connectivity index (χ1n) is 12.5. The predicted molar refractivity (Wildman–Crippen MR) is 145 cm³/mol. The summed E-state index contributed by atoms with van der Waals surface area (Å²) < 4.78 is 22.4. The van der Waals surface area contributed by atoms with Crippen molar-refractivity contribution in [3.05, 3.63) is 89.0 Å². The first-order valence-corrected chi connectivity index (χ1v) is 12.5. The fraction of sp³-hybridized carbons (Fsp3) is 0.233. The Morgan fingerprint density at radius 2 is 1.49 bits per heavy atom. The van der Waals surface area contributed by atoms with E-state index in [0.29, 0.717) is 47.3 Å². The molecule has 0 bridgehead atoms. The zero-order chi connectivity index (χ0) is 27.8. The van der Waals surface area contributed by atoms with Crippen LogP contribution in [-0.4, -0.2) is 43.6 Å². The third-order valence-corrected chi connectivity index (χ3v) is 5.95. The number of rotatable bonds is 11. The van der Waals surface area contributed by atoms with E-state index in [1.54, 1.807) is 36.4 Å². The van der Waals surface area contributed by atoms with E-state index in [0.717, 1.165) is 16.9 Å². The number of imide groups is 2. The molecule has 4 rings (SSSR count). The quantitative estimate of drug-likeness (QED) is 0.282. The van der Waals surface area contributed by atoms with E-state index >= 15 is 0 Å². The van der Waals surface area contributed by atoms with Gasteiger partial charge in [0.05, 0.1) is 27.4 Å². The van der Waals surface area contributed by atoms with Gasteiger partial charge in [0.2, 0.25) is 0 Å². The van der Waals surface area contributed by atoms with Crippen LogP contribution in [0.4, 0.5) is 4.79 Å². The van der Waals surface area contributed by atoms with Crippen LogP contribution in [0.25, 0.3) is 6.08 Å². The molecule has 0 radical (unpaired) electrons. The van der Waals surface area contributed by atoms with Crippen LogP contribution in [0.2, 0.25) is 0 Å². The Labute approximate surface area is 226 Å². The third kappa shape index (κ3) is 6.56. The molecule has 3 aromatic rings. The van der Waals surface area contributed by atoms with Crippen LogP contribution >= 0.6 is 0 Å². The fourth-order valence-corrected chi connectivity index (χ4v) is 3.96. The van der Waals surface area contributed by atoms with E-state index in [-0.39, 0.29) is 12.1 Å². The molecule has 1 saturated heterocycles. The van der Waals surface area contributed by atoms with Crippen LogP contribution in [0.5, 0.6) is 23.0 Å². The second-order valence-corrected chi connectivity index (χ2v) is 8.73. The molecule has 3 aromatic carbocycles. The number of methoxy groups -OCH3 is 2. The lowest BCUT2D eigenvalue weighted by Crippen LogP contribution is -2.53. The van der Waals surface area contributed by atoms with Gasteiger partial charge in [-0.2, -0.15) is 0 Å². The van der Waals surface area contributed by atoms with Gasteiger partial charge in [-0.1, -0.05) is 49.4 Å². The Bertz CT molecular complexity index is 1390. The van der Waals surface area contributed by atoms with Gasteiger partial charge in [0, 0.05) is 0 Å². The maximum absolute atomic E-state index is 13.3. The lowest BCUT2D eigenvalue weighted by Gasteiger charge is -2.26. The van der Waals surface area contributed by atoms with Gasteiger partial charge in [-0.25, -0.2) is 4.79 Å². The second kappa shape index (κ2) is 12.6. The Balaban J connectivity index is 1.53. The first kappa shape index (κ1) is 27.3. The largest absolute Gasteiger partial charge is 0.493 e. The van der Waals surface area contributed by atoms with E-state index in [1.807, 2.05) is 37.3 Å². The predicted octanol–water partition coefficient (Wildman–Crippen LogP) is 4.73. The van der Waals surface area contributed by atoms with Crippen molar-refractivity contribution in [2.45, 2.75) is 26.5 Å². The molecule has 1 heterocycles. The molecule has 1 aliphatic rings. The molecule has 202 valence electrons. The van der Waals surface area contributed by atoms with Crippen LogP contribution in [0, 0.1) is 0 Å². The Morgan fingerprint density at radius 1 is 0.795 bits per heavy atom. The highest BCUT2D eigenvalue weighted by atomic mass is 16.5. The monoisotopic (exact) mass is 530 g/mol. The van der Waals surface area contributed by atoms with Gasteiger partial charge in [-0.3, -0.25) is 19.8 Å². The number of hydrogen-bond donors (Lipinski definition) is 1. The van der Waals surface area contributed by atoms with Gasteiger partial charge in [-0.05, 0) is 53.5 Å². The van der Waals surface area contributed by atoms with Gasteiger partial charge in [0.25, 0.3) is 11.8 Å². The van der Waals surface area contributed by atoms with Crippen molar-refractivity contribution in [2.24, 2.45) is 0 Å². The third-order valence-electron chi connectivity index (χ3n) is 5.95. The molecule has 39 heavy (non-hydrogen) atoms. The molecule has 0 saturated carbocycles. The smallest absolute Gasteiger partial charge is 0.331 e. The van der Waals surface area contributed by atoms with Crippen LogP contribution in [0.15, 0.2) is 72.3 Å². The summed E-state index contributed by atoms with van der Waals surface area (Å²) in [4.78, 5) is 39.4. The van der Waals surface area contributed by atoms with Gasteiger partial charge < -0.3 is 18.9 Å². The highest BCUT2D eigenvalue weighted by molar-refractivity contribution is 6.30. The number of barbiturate groups is 1. The van der Waals surface area contributed by atoms with Crippen molar-refractivity contribution < 1.29 is 33.3 Å². The average Bonchev–Trinajstić information content (AvgIpc) is 2.96. The number of benzene rings is 3. The molecule has 0 aliphatic carbocycles. The van der Waals surface area contributed by atoms with Gasteiger partial charge in [0.1, 0.15) is 12.2 Å². The van der Waals surface area contributed by atoms with Gasteiger partial charge >= 0.3 is 6.03 Å². The molecular formula is C30H30N2O7. The molecule has 1 aliphatic heterocycles. The van der Waals surface area contributed by atoms with Crippen molar-refractivity contribution in [2.75, 3.05) is 20.8 Å². The summed E-state index contributed by atoms with van der Waals surface area (Å²) >= 11 is 0. The first-order chi connectivity index (χ1) is 18.9. The van der Waals surface area contributed by atoms with Crippen molar-refractivity contribution in [3.8, 4) is 23.0 Å². The maximum atomic E-state index is 13.3. The molecule has 4 amide bonds. The van der Waals surface area contributed by atoms with E-state index in [1.165, 1.54) is 20.3 Å². The maximum Gasteiger partial charge on any atom is 0.331 e. The summed E-state index contributed by atoms with van der Waals surface area (Å²) in [5.74, 6) is 0.523. The Hall–Kier alpha value is -4.79. The standard InChI is InChI=1S/C30H30N2O7/c1-4-14-38-24-13-11-22(17-27(24)37-3)18-32-29(34)23(28(33)31-30(32)35)15-21-10-12-25(26(16-21)36-2)39-19-20-8-6-5-7-9-20/h5-13,15-17H,4,14,18-19H2,1-3H3,(H,31,33,35)/b23-15+. The minimum absolute atomic E-state index is 0.0602. The van der Waals surface area contributed by atoms with E-state index in [9.17, 15) is 14.4 Å². The molecule has 0 unspecified atom stereocenters. The summed E-state index contributed by atoms with van der Waals surface area (Å²) in [5, 5.41) is 2.24. The number of urea groups is 1. The zero-order valence-corrected chi connectivity index (χ0v) is 22.1. The van der Waals surface area contributed by atoms with E-state index < -0.39 is 17.8 Å². The number of carbonyl (C=O) groups is 3. The molecule has 9 nitrogen and oxygen atoms in total. The minimum atomic E-state index is -0.797. The summed E-state index contributed by atoms with van der Waals surface area (Å²) in [6, 6.07) is 19.1. The van der Waals surface area contributed by atoms with Gasteiger partial charge in [-0.15, -0.1) is 0 Å². The molecular weight excluding hydrogens is 500 g/mol. The SMILES string of the molecule is CCCOc1ccc(CN2C(=O)NC(=O)/C(=C\c3ccc(OCc4ccccc4)c(OC)c3)C2=O)cc1OC. The topological polar surface area (TPSA) is 103 Å². The van der Waals surface area contributed by atoms with Crippen LogP contribution in [0.1, 0.15) is 30.0 Å². The number of nitrogens with zero attached hydrogens (tertiary/aromatic N) is 1. The Kier molecular flexibility index (Phi) is 8.83. The molecule has 9 heteroatoms. The number of hydrogen-bond acceptors (Lipinski definition) is 7. The highest BCUT2D eigenvalue weighted by Gasteiger charge is 2.35. The van der Waals surface area contributed by atoms with Gasteiger partial charge in [0.15, 0.2) is 23.0 Å². The Morgan fingerprint density at radius 3 is 2.21 bits per heavy atom. The van der Waals surface area contributed by atoms with Crippen molar-refractivity contribution >= 4 is 23.9 Å². The van der Waals surface area contributed by atoms with Crippen LogP contribution in [-0.2, 0) is 22.7 Å². The van der Waals surface area contributed by atoms with Crippen LogP contribution < -0.4 is 24.3 Å². The molecule has 0 spiro atoms. The number of carbonyl (C=O) groups excluding carboxylic acids is 3. The summed E-state index contributed by atoms with van der Waals surface area (Å²) in [5.41, 5.74) is 1.99. The second-order valence-electron chi connectivity index (χ2n) is 8.73. The number of amides is 4. The van der Waals surface area contributed by atoms with Crippen molar-refractivity contribution in [3.63, 3.8) is 0 Å². The molecule has 0 atom stereocenters. The summed E-state index contributed by atoms with van der Waals surface area (Å²) in [6.07, 6.45) is 2.26. The van der Waals surface area contributed by atoms with E-state index in [4.69, 9.17) is 18.9 Å². The lowest BCUT2D eigenvalue weighted by molar-refractivity contribution is -0.130. The van der Waals surface area contributed by atoms with Crippen molar-refractivity contribution in [1.29, 1.82) is 0 Å². The zero-order valence-electron chi connectivity index (χ0n) is 22.1. The lowest BCUT2D eigenvalue weighted by atomic mass is 10.1. The fourth-order valence-electron chi connectivity index (χ4n) is 3.96. The van der Waals surface area contributed by atoms with Crippen LogP contribution in [0.3, 0.4) is 0 Å². The summed E-state index contributed by atoms with van der Waals surface area (Å²) in [7, 11) is 3.02. The number of ether oxygens (including phenoxy) is 4. The van der Waals surface area contributed by atoms with Crippen molar-refractivity contribution in [1.82, 2.24) is 10.2 Å². The normalized spacial score (nSPS) is 14.3. The average molecular weight is 531 g/mol. The van der Waals surface area contributed by atoms with E-state index in [2.05, 4.69) is 5.32 Å². The summed E-state index contributed by atoms with van der Waals surface area (Å²) in [6.45, 7) is 2.82. The molecule has 1 fully saturated rings.